The first-order valence-corrected chi connectivity index (χ1v) is 7.73. The van der Waals surface area contributed by atoms with Crippen molar-refractivity contribution in [2.75, 3.05) is 5.32 Å². The first kappa shape index (κ1) is 14.9. The lowest BCUT2D eigenvalue weighted by molar-refractivity contribution is 0.619. The molecule has 0 atom stereocenters. The van der Waals surface area contributed by atoms with Crippen LogP contribution in [0, 0.1) is 18.6 Å². The number of benzene rings is 2. The third-order valence-corrected chi connectivity index (χ3v) is 4.19. The zero-order chi connectivity index (χ0) is 15.7. The van der Waals surface area contributed by atoms with Crippen molar-refractivity contribution in [3.8, 4) is 11.3 Å². The van der Waals surface area contributed by atoms with Gasteiger partial charge in [-0.05, 0) is 48.9 Å². The molecule has 0 unspecified atom stereocenters. The van der Waals surface area contributed by atoms with Gasteiger partial charge >= 0.3 is 0 Å². The normalized spacial score (nSPS) is 10.7. The average Bonchev–Trinajstić information content (AvgIpc) is 2.93. The molecule has 1 N–H and O–H groups in total. The predicted molar refractivity (Wildman–Crippen MR) is 86.9 cm³/mol. The van der Waals surface area contributed by atoms with Crippen LogP contribution in [0.25, 0.3) is 11.3 Å². The van der Waals surface area contributed by atoms with E-state index in [1.54, 1.807) is 25.1 Å². The molecule has 6 heteroatoms. The van der Waals surface area contributed by atoms with Crippen LogP contribution >= 0.6 is 22.9 Å². The maximum atomic E-state index is 13.5. The zero-order valence-electron chi connectivity index (χ0n) is 11.5. The van der Waals surface area contributed by atoms with Gasteiger partial charge in [0, 0.05) is 16.6 Å². The number of nitrogens with zero attached hydrogens (tertiary/aromatic N) is 1. The Labute approximate surface area is 135 Å². The molecule has 0 bridgehead atoms. The SMILES string of the molecule is Cc1cc(-c2csc(Nc3ccc(F)cc3)n2)c(Cl)cc1F. The number of hydrogen-bond donors (Lipinski definition) is 1. The van der Waals surface area contributed by atoms with Gasteiger partial charge in [-0.3, -0.25) is 0 Å². The molecule has 112 valence electrons. The number of hydrogen-bond acceptors (Lipinski definition) is 3. The molecule has 3 aromatic rings. The van der Waals surface area contributed by atoms with Crippen LogP contribution in [0.2, 0.25) is 5.02 Å². The summed E-state index contributed by atoms with van der Waals surface area (Å²) in [6, 6.07) is 8.97. The van der Waals surface area contributed by atoms with Gasteiger partial charge in [0.2, 0.25) is 0 Å². The quantitative estimate of drug-likeness (QED) is 0.654. The maximum absolute atomic E-state index is 13.5. The van der Waals surface area contributed by atoms with E-state index in [-0.39, 0.29) is 11.6 Å². The molecule has 2 nitrogen and oxygen atoms in total. The molecule has 0 saturated heterocycles. The van der Waals surface area contributed by atoms with Crippen molar-refractivity contribution >= 4 is 33.8 Å². The van der Waals surface area contributed by atoms with Crippen LogP contribution in [0.3, 0.4) is 0 Å². The number of halogens is 3. The van der Waals surface area contributed by atoms with E-state index < -0.39 is 0 Å². The molecular weight excluding hydrogens is 326 g/mol. The molecule has 0 aliphatic carbocycles. The molecule has 0 amide bonds. The molecule has 1 aromatic heterocycles. The molecule has 0 fully saturated rings. The van der Waals surface area contributed by atoms with Gasteiger partial charge in [0.15, 0.2) is 5.13 Å². The molecule has 0 aliphatic rings. The third-order valence-electron chi connectivity index (χ3n) is 3.12. The Kier molecular flexibility index (Phi) is 4.09. The van der Waals surface area contributed by atoms with Crippen LogP contribution in [-0.4, -0.2) is 4.98 Å². The fourth-order valence-corrected chi connectivity index (χ4v) is 2.94. The van der Waals surface area contributed by atoms with E-state index in [4.69, 9.17) is 11.6 Å². The Balaban J connectivity index is 1.87. The van der Waals surface area contributed by atoms with E-state index in [1.807, 2.05) is 5.38 Å². The number of nitrogens with one attached hydrogen (secondary N) is 1. The van der Waals surface area contributed by atoms with E-state index in [0.29, 0.717) is 27.0 Å². The molecule has 1 heterocycles. The summed E-state index contributed by atoms with van der Waals surface area (Å²) in [5.41, 5.74) is 2.61. The first-order valence-electron chi connectivity index (χ1n) is 6.47. The lowest BCUT2D eigenvalue weighted by Crippen LogP contribution is -1.90. The van der Waals surface area contributed by atoms with Gasteiger partial charge in [-0.2, -0.15) is 0 Å². The van der Waals surface area contributed by atoms with E-state index in [0.717, 1.165) is 5.69 Å². The van der Waals surface area contributed by atoms with Gasteiger partial charge in [-0.1, -0.05) is 11.6 Å². The van der Waals surface area contributed by atoms with Crippen LogP contribution in [0.5, 0.6) is 0 Å². The Morgan fingerprint density at radius 3 is 2.59 bits per heavy atom. The third kappa shape index (κ3) is 3.10. The van der Waals surface area contributed by atoms with Crippen LogP contribution < -0.4 is 5.32 Å². The highest BCUT2D eigenvalue weighted by Gasteiger charge is 2.11. The molecule has 0 spiro atoms. The number of thiazole rings is 1. The standard InChI is InChI=1S/C16H11ClF2N2S/c1-9-6-12(13(17)7-14(9)19)15-8-22-16(21-15)20-11-4-2-10(18)3-5-11/h2-8H,1H3,(H,20,21). The summed E-state index contributed by atoms with van der Waals surface area (Å²) in [6.45, 7) is 1.68. The molecule has 0 aliphatic heterocycles. The number of anilines is 2. The summed E-state index contributed by atoms with van der Waals surface area (Å²) in [5.74, 6) is -0.632. The van der Waals surface area contributed by atoms with E-state index in [9.17, 15) is 8.78 Å². The van der Waals surface area contributed by atoms with E-state index in [1.165, 1.54) is 29.5 Å². The second kappa shape index (κ2) is 6.02. The van der Waals surface area contributed by atoms with Gasteiger partial charge in [-0.25, -0.2) is 13.8 Å². The van der Waals surface area contributed by atoms with E-state index >= 15 is 0 Å². The van der Waals surface area contributed by atoms with Crippen molar-refractivity contribution in [2.45, 2.75) is 6.92 Å². The zero-order valence-corrected chi connectivity index (χ0v) is 13.1. The molecule has 22 heavy (non-hydrogen) atoms. The van der Waals surface area contributed by atoms with Crippen LogP contribution in [0.15, 0.2) is 41.8 Å². The Morgan fingerprint density at radius 1 is 1.14 bits per heavy atom. The molecule has 2 aromatic carbocycles. The monoisotopic (exact) mass is 336 g/mol. The Morgan fingerprint density at radius 2 is 1.86 bits per heavy atom. The van der Waals surface area contributed by atoms with Gasteiger partial charge in [0.1, 0.15) is 11.6 Å². The Hall–Kier alpha value is -1.98. The minimum Gasteiger partial charge on any atom is -0.332 e. The van der Waals surface area contributed by atoms with Crippen molar-refractivity contribution in [3.05, 3.63) is 64.0 Å². The predicted octanol–water partition coefficient (Wildman–Crippen LogP) is 5.79. The van der Waals surface area contributed by atoms with Gasteiger partial charge in [0.25, 0.3) is 0 Å². The fourth-order valence-electron chi connectivity index (χ4n) is 1.97. The first-order chi connectivity index (χ1) is 10.5. The molecule has 3 rings (SSSR count). The van der Waals surface area contributed by atoms with Crippen molar-refractivity contribution in [1.29, 1.82) is 0 Å². The maximum Gasteiger partial charge on any atom is 0.187 e. The number of rotatable bonds is 3. The highest BCUT2D eigenvalue weighted by atomic mass is 35.5. The van der Waals surface area contributed by atoms with Gasteiger partial charge in [0.05, 0.1) is 10.7 Å². The number of aromatic nitrogens is 1. The van der Waals surface area contributed by atoms with Crippen molar-refractivity contribution in [3.63, 3.8) is 0 Å². The molecule has 0 saturated carbocycles. The number of aryl methyl sites for hydroxylation is 1. The summed E-state index contributed by atoms with van der Waals surface area (Å²) in [5, 5.41) is 5.90. The highest BCUT2D eigenvalue weighted by Crippen LogP contribution is 2.33. The van der Waals surface area contributed by atoms with Crippen LogP contribution in [-0.2, 0) is 0 Å². The molecule has 0 radical (unpaired) electrons. The van der Waals surface area contributed by atoms with Crippen LogP contribution in [0.1, 0.15) is 5.56 Å². The second-order valence-corrected chi connectivity index (χ2v) is 6.02. The second-order valence-electron chi connectivity index (χ2n) is 4.75. The molecular formula is C16H11ClF2N2S. The fraction of sp³-hybridized carbons (Fsp3) is 0.0625. The summed E-state index contributed by atoms with van der Waals surface area (Å²) < 4.78 is 26.3. The summed E-state index contributed by atoms with van der Waals surface area (Å²) >= 11 is 7.48. The lowest BCUT2D eigenvalue weighted by Gasteiger charge is -2.04. The highest BCUT2D eigenvalue weighted by molar-refractivity contribution is 7.14. The Bertz CT molecular complexity index is 816. The minimum atomic E-state index is -0.339. The largest absolute Gasteiger partial charge is 0.332 e. The summed E-state index contributed by atoms with van der Waals surface area (Å²) in [7, 11) is 0. The minimum absolute atomic E-state index is 0.293. The van der Waals surface area contributed by atoms with Gasteiger partial charge < -0.3 is 5.32 Å². The summed E-state index contributed by atoms with van der Waals surface area (Å²) in [4.78, 5) is 4.44. The van der Waals surface area contributed by atoms with Crippen molar-refractivity contribution < 1.29 is 8.78 Å². The van der Waals surface area contributed by atoms with Crippen molar-refractivity contribution in [1.82, 2.24) is 4.98 Å². The van der Waals surface area contributed by atoms with Gasteiger partial charge in [-0.15, -0.1) is 11.3 Å². The lowest BCUT2D eigenvalue weighted by atomic mass is 10.1. The van der Waals surface area contributed by atoms with Crippen LogP contribution in [0.4, 0.5) is 19.6 Å². The van der Waals surface area contributed by atoms with Crippen molar-refractivity contribution in [2.24, 2.45) is 0 Å². The average molecular weight is 337 g/mol. The smallest absolute Gasteiger partial charge is 0.187 e. The summed E-state index contributed by atoms with van der Waals surface area (Å²) in [6.07, 6.45) is 0. The topological polar surface area (TPSA) is 24.9 Å². The van der Waals surface area contributed by atoms with E-state index in [2.05, 4.69) is 10.3 Å².